The first kappa shape index (κ1) is 19.8. The van der Waals surface area contributed by atoms with E-state index in [1.807, 2.05) is 34.9 Å². The number of hydrogen-bond donors (Lipinski definition) is 1. The molecule has 2 atom stereocenters. The summed E-state index contributed by atoms with van der Waals surface area (Å²) in [6.07, 6.45) is 6.50. The molecule has 1 N–H and O–H groups in total. The molecule has 0 saturated heterocycles. The van der Waals surface area contributed by atoms with E-state index in [4.69, 9.17) is 4.42 Å². The quantitative estimate of drug-likeness (QED) is 0.453. The molecule has 1 saturated carbocycles. The Hall–Kier alpha value is -2.54. The van der Waals surface area contributed by atoms with Crippen LogP contribution in [0.1, 0.15) is 32.6 Å². The summed E-state index contributed by atoms with van der Waals surface area (Å²) in [6.45, 7) is 6.60. The average molecular weight is 411 g/mol. The highest BCUT2D eigenvalue weighted by Crippen LogP contribution is 2.29. The van der Waals surface area contributed by atoms with Crippen LogP contribution in [-0.2, 0) is 11.3 Å². The Balaban J connectivity index is 1.47. The maximum Gasteiger partial charge on any atom is 0.230 e. The number of hydrogen-bond acceptors (Lipinski definition) is 5. The zero-order valence-corrected chi connectivity index (χ0v) is 17.5. The highest BCUT2D eigenvalue weighted by Gasteiger charge is 2.23. The first-order chi connectivity index (χ1) is 14.2. The number of rotatable bonds is 7. The summed E-state index contributed by atoms with van der Waals surface area (Å²) in [5.41, 5.74) is 0.811. The van der Waals surface area contributed by atoms with Crippen LogP contribution in [0.3, 0.4) is 0 Å². The molecular weight excluding hydrogens is 384 g/mol. The van der Waals surface area contributed by atoms with E-state index in [9.17, 15) is 4.79 Å². The number of aromatic nitrogens is 3. The lowest BCUT2D eigenvalue weighted by Crippen LogP contribution is -2.41. The Morgan fingerprint density at radius 2 is 2.17 bits per heavy atom. The van der Waals surface area contributed by atoms with Gasteiger partial charge in [-0.1, -0.05) is 55.8 Å². The van der Waals surface area contributed by atoms with Crippen molar-refractivity contribution in [1.29, 1.82) is 0 Å². The van der Waals surface area contributed by atoms with Crippen molar-refractivity contribution in [1.82, 2.24) is 20.1 Å². The van der Waals surface area contributed by atoms with Gasteiger partial charge in [0, 0.05) is 18.0 Å². The van der Waals surface area contributed by atoms with Crippen LogP contribution in [0.5, 0.6) is 0 Å². The molecule has 1 aromatic carbocycles. The van der Waals surface area contributed by atoms with Gasteiger partial charge in [-0.2, -0.15) is 0 Å². The molecule has 1 aliphatic carbocycles. The third-order valence-corrected chi connectivity index (χ3v) is 6.43. The molecule has 7 heteroatoms. The fraction of sp³-hybridized carbons (Fsp3) is 0.409. The lowest BCUT2D eigenvalue weighted by atomic mass is 9.86. The van der Waals surface area contributed by atoms with E-state index in [1.54, 1.807) is 6.08 Å². The third kappa shape index (κ3) is 4.40. The Morgan fingerprint density at radius 3 is 2.97 bits per heavy atom. The number of fused-ring (bicyclic) bond motifs is 1. The molecule has 152 valence electrons. The van der Waals surface area contributed by atoms with Gasteiger partial charge in [0.25, 0.3) is 0 Å². The van der Waals surface area contributed by atoms with E-state index >= 15 is 0 Å². The Kier molecular flexibility index (Phi) is 6.04. The predicted octanol–water partition coefficient (Wildman–Crippen LogP) is 4.66. The summed E-state index contributed by atoms with van der Waals surface area (Å²) in [7, 11) is 0. The van der Waals surface area contributed by atoms with Crippen LogP contribution in [-0.4, -0.2) is 32.5 Å². The van der Waals surface area contributed by atoms with Crippen molar-refractivity contribution in [2.45, 2.75) is 50.4 Å². The minimum absolute atomic E-state index is 0.0483. The first-order valence-corrected chi connectivity index (χ1v) is 11.1. The summed E-state index contributed by atoms with van der Waals surface area (Å²) in [6, 6.07) is 10.1. The van der Waals surface area contributed by atoms with Crippen LogP contribution in [0.15, 0.2) is 52.6 Å². The highest BCUT2D eigenvalue weighted by atomic mass is 32.2. The number of nitrogens with one attached hydrogen (secondary N) is 1. The fourth-order valence-electron chi connectivity index (χ4n) is 3.87. The zero-order valence-electron chi connectivity index (χ0n) is 16.6. The molecule has 1 fully saturated rings. The maximum atomic E-state index is 12.5. The van der Waals surface area contributed by atoms with Gasteiger partial charge in [0.05, 0.1) is 5.75 Å². The van der Waals surface area contributed by atoms with Crippen LogP contribution in [0, 0.1) is 5.92 Å². The number of para-hydroxylation sites is 1. The molecule has 0 aliphatic heterocycles. The number of benzene rings is 1. The fourth-order valence-corrected chi connectivity index (χ4v) is 4.63. The smallest absolute Gasteiger partial charge is 0.230 e. The summed E-state index contributed by atoms with van der Waals surface area (Å²) in [5.74, 6) is 2.21. The van der Waals surface area contributed by atoms with Gasteiger partial charge >= 0.3 is 0 Å². The number of carbonyl (C=O) groups excluding carboxylic acids is 1. The van der Waals surface area contributed by atoms with Crippen molar-refractivity contribution in [2.24, 2.45) is 5.92 Å². The molecule has 3 aromatic rings. The van der Waals surface area contributed by atoms with Gasteiger partial charge in [-0.3, -0.25) is 9.36 Å². The number of carbonyl (C=O) groups is 1. The second-order valence-corrected chi connectivity index (χ2v) is 8.52. The molecule has 1 aliphatic rings. The van der Waals surface area contributed by atoms with Crippen molar-refractivity contribution in [3.05, 3.63) is 43.0 Å². The predicted molar refractivity (Wildman–Crippen MR) is 116 cm³/mol. The van der Waals surface area contributed by atoms with E-state index in [1.165, 1.54) is 31.0 Å². The lowest BCUT2D eigenvalue weighted by Gasteiger charge is -2.29. The molecule has 2 heterocycles. The number of nitrogens with zero attached hydrogens (tertiary/aromatic N) is 3. The van der Waals surface area contributed by atoms with Crippen molar-refractivity contribution in [3.8, 4) is 11.6 Å². The van der Waals surface area contributed by atoms with Crippen LogP contribution >= 0.6 is 11.8 Å². The lowest BCUT2D eigenvalue weighted by molar-refractivity contribution is -0.119. The van der Waals surface area contributed by atoms with E-state index < -0.39 is 0 Å². The summed E-state index contributed by atoms with van der Waals surface area (Å²) >= 11 is 1.40. The topological polar surface area (TPSA) is 73.0 Å². The molecule has 0 bridgehead atoms. The Bertz CT molecular complexity index is 976. The van der Waals surface area contributed by atoms with E-state index in [0.29, 0.717) is 35.0 Å². The Labute approximate surface area is 174 Å². The van der Waals surface area contributed by atoms with Crippen molar-refractivity contribution < 1.29 is 9.21 Å². The molecular formula is C22H26N4O2S. The van der Waals surface area contributed by atoms with Gasteiger partial charge in [0.2, 0.25) is 11.7 Å². The summed E-state index contributed by atoms with van der Waals surface area (Å²) in [5, 5.41) is 13.5. The van der Waals surface area contributed by atoms with Crippen LogP contribution in [0.4, 0.5) is 0 Å². The zero-order chi connectivity index (χ0) is 20.2. The van der Waals surface area contributed by atoms with Crippen LogP contribution in [0.25, 0.3) is 22.6 Å². The molecule has 0 unspecified atom stereocenters. The molecule has 4 rings (SSSR count). The number of furan rings is 1. The average Bonchev–Trinajstić information content (AvgIpc) is 3.32. The van der Waals surface area contributed by atoms with Gasteiger partial charge in [0.1, 0.15) is 5.58 Å². The SMILES string of the molecule is C=CCn1c(SCC(=O)N[C@H]2CCCC[C@@H]2C)nnc1-c1cc2ccccc2o1. The molecule has 29 heavy (non-hydrogen) atoms. The maximum absolute atomic E-state index is 12.5. The summed E-state index contributed by atoms with van der Waals surface area (Å²) in [4.78, 5) is 12.5. The number of thioether (sulfide) groups is 1. The molecule has 0 spiro atoms. The van der Waals surface area contributed by atoms with E-state index in [-0.39, 0.29) is 11.9 Å². The third-order valence-electron chi connectivity index (χ3n) is 5.46. The standard InChI is InChI=1S/C22H26N4O2S/c1-3-12-26-21(19-13-16-9-5-7-11-18(16)28-19)24-25-22(26)29-14-20(27)23-17-10-6-4-8-15(17)2/h3,5,7,9,11,13,15,17H,1,4,6,8,10,12,14H2,2H3,(H,23,27)/t15-,17-/m0/s1. The second kappa shape index (κ2) is 8.86. The monoisotopic (exact) mass is 410 g/mol. The molecule has 6 nitrogen and oxygen atoms in total. The Morgan fingerprint density at radius 1 is 1.34 bits per heavy atom. The first-order valence-electron chi connectivity index (χ1n) is 10.1. The normalized spacial score (nSPS) is 19.3. The van der Waals surface area contributed by atoms with Crippen molar-refractivity contribution >= 4 is 28.6 Å². The van der Waals surface area contributed by atoms with E-state index in [0.717, 1.165) is 17.4 Å². The van der Waals surface area contributed by atoms with Gasteiger partial charge in [-0.25, -0.2) is 0 Å². The van der Waals surface area contributed by atoms with Crippen LogP contribution < -0.4 is 5.32 Å². The van der Waals surface area contributed by atoms with Gasteiger partial charge in [0.15, 0.2) is 10.9 Å². The second-order valence-electron chi connectivity index (χ2n) is 7.58. The number of allylic oxidation sites excluding steroid dienone is 1. The van der Waals surface area contributed by atoms with E-state index in [2.05, 4.69) is 29.0 Å². The summed E-state index contributed by atoms with van der Waals surface area (Å²) < 4.78 is 7.88. The largest absolute Gasteiger partial charge is 0.453 e. The van der Waals surface area contributed by atoms with Crippen LogP contribution in [0.2, 0.25) is 0 Å². The van der Waals surface area contributed by atoms with Gasteiger partial charge < -0.3 is 9.73 Å². The minimum Gasteiger partial charge on any atom is -0.453 e. The molecule has 2 aromatic heterocycles. The van der Waals surface area contributed by atoms with Gasteiger partial charge in [-0.15, -0.1) is 16.8 Å². The molecule has 0 radical (unpaired) electrons. The minimum atomic E-state index is 0.0483. The van der Waals surface area contributed by atoms with Crippen molar-refractivity contribution in [3.63, 3.8) is 0 Å². The highest BCUT2D eigenvalue weighted by molar-refractivity contribution is 7.99. The number of amides is 1. The molecule has 1 amide bonds. The van der Waals surface area contributed by atoms with Gasteiger partial charge in [-0.05, 0) is 30.9 Å². The van der Waals surface area contributed by atoms with Crippen molar-refractivity contribution in [2.75, 3.05) is 5.75 Å².